The molecule has 3 nitrogen and oxygen atoms in total. The van der Waals surface area contributed by atoms with Crippen LogP contribution in [0.15, 0.2) is 29.3 Å². The van der Waals surface area contributed by atoms with Crippen LogP contribution in [0.4, 0.5) is 5.69 Å². The van der Waals surface area contributed by atoms with E-state index in [0.717, 1.165) is 25.9 Å². The summed E-state index contributed by atoms with van der Waals surface area (Å²) in [6.07, 6.45) is 3.66. The van der Waals surface area contributed by atoms with Crippen LogP contribution in [0.5, 0.6) is 0 Å². The first kappa shape index (κ1) is 10.2. The Kier molecular flexibility index (Phi) is 3.35. The largest absolute Gasteiger partial charge is 0.396 e. The van der Waals surface area contributed by atoms with Gasteiger partial charge < -0.3 is 10.0 Å². The van der Waals surface area contributed by atoms with E-state index in [1.807, 2.05) is 6.34 Å². The van der Waals surface area contributed by atoms with Gasteiger partial charge in [0.2, 0.25) is 0 Å². The molecule has 1 N–H and O–H groups in total. The first-order valence-electron chi connectivity index (χ1n) is 5.36. The maximum atomic E-state index is 8.78. The lowest BCUT2D eigenvalue weighted by Crippen LogP contribution is -2.18. The third-order valence-corrected chi connectivity index (χ3v) is 2.56. The Hall–Kier alpha value is -1.35. The quantitative estimate of drug-likeness (QED) is 0.806. The van der Waals surface area contributed by atoms with Crippen molar-refractivity contribution in [1.29, 1.82) is 0 Å². The van der Waals surface area contributed by atoms with Crippen molar-refractivity contribution in [3.8, 4) is 0 Å². The fraction of sp³-hybridized carbons (Fsp3) is 0.417. The van der Waals surface area contributed by atoms with Crippen LogP contribution in [0.3, 0.4) is 0 Å². The Labute approximate surface area is 90.1 Å². The summed E-state index contributed by atoms with van der Waals surface area (Å²) in [6.45, 7) is 2.12. The molecule has 1 aromatic carbocycles. The second-order valence-corrected chi connectivity index (χ2v) is 3.71. The molecule has 1 heterocycles. The topological polar surface area (TPSA) is 35.8 Å². The summed E-state index contributed by atoms with van der Waals surface area (Å²) in [5, 5.41) is 8.78. The maximum absolute atomic E-state index is 8.78. The summed E-state index contributed by atoms with van der Waals surface area (Å²) >= 11 is 0. The summed E-state index contributed by atoms with van der Waals surface area (Å²) in [4.78, 5) is 6.35. The first-order valence-corrected chi connectivity index (χ1v) is 5.36. The van der Waals surface area contributed by atoms with Gasteiger partial charge in [-0.05, 0) is 30.5 Å². The van der Waals surface area contributed by atoms with Gasteiger partial charge in [-0.25, -0.2) is 0 Å². The standard InChI is InChI=1S/C12H16N2O/c15-8-2-4-11-3-1-5-12(9-11)14-7-6-13-10-14/h1,3,5,9-10,15H,2,4,6-8H2. The Balaban J connectivity index is 2.08. The van der Waals surface area contributed by atoms with Gasteiger partial charge in [-0.2, -0.15) is 0 Å². The smallest absolute Gasteiger partial charge is 0.0895 e. The number of aliphatic hydroxyl groups is 1. The molecule has 2 rings (SSSR count). The number of hydrogen-bond donors (Lipinski definition) is 1. The van der Waals surface area contributed by atoms with Crippen LogP contribution < -0.4 is 4.90 Å². The number of anilines is 1. The van der Waals surface area contributed by atoms with Crippen molar-refractivity contribution in [2.24, 2.45) is 4.99 Å². The highest BCUT2D eigenvalue weighted by atomic mass is 16.2. The minimum Gasteiger partial charge on any atom is -0.396 e. The van der Waals surface area contributed by atoms with E-state index < -0.39 is 0 Å². The molecule has 1 aliphatic heterocycles. The summed E-state index contributed by atoms with van der Waals surface area (Å²) in [6, 6.07) is 8.44. The molecule has 0 aliphatic carbocycles. The van der Waals surface area contributed by atoms with Crippen molar-refractivity contribution in [3.05, 3.63) is 29.8 Å². The van der Waals surface area contributed by atoms with Crippen molar-refractivity contribution < 1.29 is 5.11 Å². The molecule has 0 saturated carbocycles. The SMILES string of the molecule is OCCCc1cccc(N2C=NCC2)c1. The van der Waals surface area contributed by atoms with Gasteiger partial charge in [-0.3, -0.25) is 4.99 Å². The van der Waals surface area contributed by atoms with Gasteiger partial charge in [0.05, 0.1) is 12.9 Å². The summed E-state index contributed by atoms with van der Waals surface area (Å²) in [5.41, 5.74) is 2.48. The van der Waals surface area contributed by atoms with Gasteiger partial charge in [-0.1, -0.05) is 12.1 Å². The number of aryl methyl sites for hydroxylation is 1. The van der Waals surface area contributed by atoms with Crippen molar-refractivity contribution in [1.82, 2.24) is 0 Å². The molecule has 0 fully saturated rings. The van der Waals surface area contributed by atoms with Crippen LogP contribution in [-0.4, -0.2) is 31.1 Å². The van der Waals surface area contributed by atoms with E-state index in [1.54, 1.807) is 0 Å². The highest BCUT2D eigenvalue weighted by Gasteiger charge is 2.07. The van der Waals surface area contributed by atoms with Gasteiger partial charge in [0, 0.05) is 18.8 Å². The van der Waals surface area contributed by atoms with Gasteiger partial charge >= 0.3 is 0 Å². The van der Waals surface area contributed by atoms with Crippen LogP contribution >= 0.6 is 0 Å². The monoisotopic (exact) mass is 204 g/mol. The van der Waals surface area contributed by atoms with Crippen LogP contribution in [0, 0.1) is 0 Å². The van der Waals surface area contributed by atoms with E-state index in [9.17, 15) is 0 Å². The lowest BCUT2D eigenvalue weighted by Gasteiger charge is -2.14. The van der Waals surface area contributed by atoms with E-state index in [-0.39, 0.29) is 6.61 Å². The van der Waals surface area contributed by atoms with Crippen LogP contribution in [0.25, 0.3) is 0 Å². The van der Waals surface area contributed by atoms with Crippen molar-refractivity contribution in [3.63, 3.8) is 0 Å². The van der Waals surface area contributed by atoms with Crippen molar-refractivity contribution in [2.75, 3.05) is 24.6 Å². The highest BCUT2D eigenvalue weighted by Crippen LogP contribution is 2.17. The summed E-state index contributed by atoms with van der Waals surface area (Å²) < 4.78 is 0. The number of rotatable bonds is 4. The number of aliphatic imine (C=N–C) groups is 1. The lowest BCUT2D eigenvalue weighted by molar-refractivity contribution is 0.288. The minimum absolute atomic E-state index is 0.259. The number of aliphatic hydroxyl groups excluding tert-OH is 1. The maximum Gasteiger partial charge on any atom is 0.0895 e. The number of nitrogens with zero attached hydrogens (tertiary/aromatic N) is 2. The molecule has 80 valence electrons. The normalized spacial score (nSPS) is 14.9. The molecule has 0 aromatic heterocycles. The molecule has 0 atom stereocenters. The molecule has 0 saturated heterocycles. The lowest BCUT2D eigenvalue weighted by atomic mass is 10.1. The van der Waals surface area contributed by atoms with Gasteiger partial charge in [0.1, 0.15) is 0 Å². The number of benzene rings is 1. The van der Waals surface area contributed by atoms with Crippen LogP contribution in [0.1, 0.15) is 12.0 Å². The van der Waals surface area contributed by atoms with Crippen molar-refractivity contribution in [2.45, 2.75) is 12.8 Å². The predicted octanol–water partition coefficient (Wildman–Crippen LogP) is 1.46. The fourth-order valence-corrected chi connectivity index (χ4v) is 1.75. The second kappa shape index (κ2) is 4.94. The Bertz CT molecular complexity index is 349. The molecule has 0 unspecified atom stereocenters. The Morgan fingerprint density at radius 2 is 2.33 bits per heavy atom. The Morgan fingerprint density at radius 1 is 1.40 bits per heavy atom. The molecule has 3 heteroatoms. The second-order valence-electron chi connectivity index (χ2n) is 3.71. The highest BCUT2D eigenvalue weighted by molar-refractivity contribution is 5.81. The van der Waals surface area contributed by atoms with Crippen LogP contribution in [-0.2, 0) is 6.42 Å². The zero-order chi connectivity index (χ0) is 10.5. The molecule has 0 spiro atoms. The summed E-state index contributed by atoms with van der Waals surface area (Å²) in [7, 11) is 0. The average Bonchev–Trinajstić information content (AvgIpc) is 2.80. The average molecular weight is 204 g/mol. The zero-order valence-electron chi connectivity index (χ0n) is 8.76. The van der Waals surface area contributed by atoms with E-state index in [0.29, 0.717) is 0 Å². The first-order chi connectivity index (χ1) is 7.40. The predicted molar refractivity (Wildman–Crippen MR) is 62.6 cm³/mol. The third kappa shape index (κ3) is 2.57. The van der Waals surface area contributed by atoms with Crippen LogP contribution in [0.2, 0.25) is 0 Å². The Morgan fingerprint density at radius 3 is 3.07 bits per heavy atom. The van der Waals surface area contributed by atoms with E-state index in [4.69, 9.17) is 5.11 Å². The van der Waals surface area contributed by atoms with Gasteiger partial charge in [0.25, 0.3) is 0 Å². The van der Waals surface area contributed by atoms with E-state index in [2.05, 4.69) is 34.2 Å². The van der Waals surface area contributed by atoms with Gasteiger partial charge in [0.15, 0.2) is 0 Å². The molecular weight excluding hydrogens is 188 g/mol. The van der Waals surface area contributed by atoms with E-state index >= 15 is 0 Å². The molecular formula is C12H16N2O. The molecule has 0 radical (unpaired) electrons. The zero-order valence-corrected chi connectivity index (χ0v) is 8.76. The summed E-state index contributed by atoms with van der Waals surface area (Å²) in [5.74, 6) is 0. The molecule has 15 heavy (non-hydrogen) atoms. The number of hydrogen-bond acceptors (Lipinski definition) is 3. The molecule has 0 bridgehead atoms. The fourth-order valence-electron chi connectivity index (χ4n) is 1.75. The van der Waals surface area contributed by atoms with E-state index in [1.165, 1.54) is 11.3 Å². The third-order valence-electron chi connectivity index (χ3n) is 2.56. The molecule has 1 aromatic rings. The molecule has 0 amide bonds. The van der Waals surface area contributed by atoms with Crippen molar-refractivity contribution >= 4 is 12.0 Å². The van der Waals surface area contributed by atoms with Gasteiger partial charge in [-0.15, -0.1) is 0 Å². The molecule has 1 aliphatic rings. The minimum atomic E-state index is 0.259.